The molecule has 2 heterocycles. The van der Waals surface area contributed by atoms with Gasteiger partial charge in [-0.1, -0.05) is 5.16 Å². The topological polar surface area (TPSA) is 139 Å². The number of nitrogens with two attached hydrogens (primary N) is 1. The van der Waals surface area contributed by atoms with Crippen LogP contribution in [0.1, 0.15) is 60.3 Å². The molecule has 2 atom stereocenters. The molecule has 1 aliphatic rings. The number of carbonyl (C=O) groups is 1. The van der Waals surface area contributed by atoms with E-state index >= 15 is 0 Å². The monoisotopic (exact) mass is 479 g/mol. The van der Waals surface area contributed by atoms with Gasteiger partial charge in [-0.25, -0.2) is 20.0 Å². The number of carbonyl (C=O) groups excluding carboxylic acids is 1. The molecule has 1 unspecified atom stereocenters. The van der Waals surface area contributed by atoms with Crippen LogP contribution in [0, 0.1) is 0 Å². The average molecular weight is 480 g/mol. The van der Waals surface area contributed by atoms with E-state index in [0.29, 0.717) is 23.5 Å². The van der Waals surface area contributed by atoms with Crippen molar-refractivity contribution in [1.29, 1.82) is 0 Å². The number of fused-ring (bicyclic) bond motifs is 1. The van der Waals surface area contributed by atoms with Gasteiger partial charge in [-0.2, -0.15) is 0 Å². The maximum Gasteiger partial charge on any atom is 0.326 e. The Morgan fingerprint density at radius 1 is 1.27 bits per heavy atom. The number of rotatable bonds is 11. The third-order valence-corrected chi connectivity index (χ3v) is 6.54. The quantitative estimate of drug-likeness (QED) is 0.282. The molecular formula is C21H34N7O4P. The van der Waals surface area contributed by atoms with E-state index < -0.39 is 13.8 Å². The molecule has 0 amide bonds. The fourth-order valence-electron chi connectivity index (χ4n) is 3.33. The molecule has 1 fully saturated rings. The van der Waals surface area contributed by atoms with Gasteiger partial charge < -0.3 is 24.4 Å². The normalized spacial score (nSPS) is 16.2. The van der Waals surface area contributed by atoms with Crippen LogP contribution in [0.25, 0.3) is 11.2 Å². The van der Waals surface area contributed by atoms with Crippen molar-refractivity contribution in [2.45, 2.75) is 84.6 Å². The lowest BCUT2D eigenvalue weighted by molar-refractivity contribution is -0.153. The van der Waals surface area contributed by atoms with Crippen LogP contribution >= 0.6 is 8.30 Å². The highest BCUT2D eigenvalue weighted by molar-refractivity contribution is 7.50. The van der Waals surface area contributed by atoms with Gasteiger partial charge in [-0.3, -0.25) is 4.79 Å². The summed E-state index contributed by atoms with van der Waals surface area (Å²) in [5, 5.41) is 7.59. The summed E-state index contributed by atoms with van der Waals surface area (Å²) >= 11 is 0. The summed E-state index contributed by atoms with van der Waals surface area (Å²) in [4.78, 5) is 25.1. The van der Waals surface area contributed by atoms with Crippen molar-refractivity contribution >= 4 is 37.0 Å². The number of aromatic nitrogens is 4. The molecule has 0 saturated heterocycles. The Kier molecular flexibility index (Phi) is 8.56. The van der Waals surface area contributed by atoms with Crippen molar-refractivity contribution in [1.82, 2.24) is 24.6 Å². The first-order valence-corrected chi connectivity index (χ1v) is 12.6. The van der Waals surface area contributed by atoms with Crippen molar-refractivity contribution in [3.8, 4) is 0 Å². The molecule has 0 spiro atoms. The van der Waals surface area contributed by atoms with E-state index in [4.69, 9.17) is 19.8 Å². The Balaban J connectivity index is 1.63. The first-order valence-electron chi connectivity index (χ1n) is 11.2. The summed E-state index contributed by atoms with van der Waals surface area (Å²) in [6.07, 6.45) is 7.08. The van der Waals surface area contributed by atoms with Gasteiger partial charge >= 0.3 is 5.97 Å². The number of anilines is 1. The molecule has 3 rings (SSSR count). The summed E-state index contributed by atoms with van der Waals surface area (Å²) in [5.41, 5.74) is 7.18. The summed E-state index contributed by atoms with van der Waals surface area (Å²) < 4.78 is 19.2. The second-order valence-electron chi connectivity index (χ2n) is 8.95. The lowest BCUT2D eigenvalue weighted by Gasteiger charge is -2.29. The minimum absolute atomic E-state index is 0.182. The van der Waals surface area contributed by atoms with Crippen LogP contribution in [0.5, 0.6) is 0 Å². The van der Waals surface area contributed by atoms with E-state index in [1.165, 1.54) is 6.33 Å². The first-order chi connectivity index (χ1) is 15.7. The van der Waals surface area contributed by atoms with E-state index in [-0.39, 0.29) is 24.5 Å². The largest absolute Gasteiger partial charge is 0.462 e. The highest BCUT2D eigenvalue weighted by Crippen LogP contribution is 2.37. The SMILES string of the molecule is CC(C)OC(=O)C(C)(C)NP(CO[C@H](C)Cn1cnc2c(N)ncnc21)ON=C1CCCC1. The summed E-state index contributed by atoms with van der Waals surface area (Å²) in [6, 6.07) is 0. The molecule has 0 aliphatic heterocycles. The van der Waals surface area contributed by atoms with E-state index in [2.05, 4.69) is 25.2 Å². The number of hydrogen-bond donors (Lipinski definition) is 2. The summed E-state index contributed by atoms with van der Waals surface area (Å²) in [7, 11) is -1.39. The van der Waals surface area contributed by atoms with Crippen LogP contribution in [0.15, 0.2) is 17.8 Å². The van der Waals surface area contributed by atoms with Crippen molar-refractivity contribution < 1.29 is 18.9 Å². The third kappa shape index (κ3) is 7.06. The zero-order valence-electron chi connectivity index (χ0n) is 19.9. The average Bonchev–Trinajstić information content (AvgIpc) is 3.40. The van der Waals surface area contributed by atoms with Crippen LogP contribution < -0.4 is 10.8 Å². The molecular weight excluding hydrogens is 445 g/mol. The Labute approximate surface area is 195 Å². The predicted octanol–water partition coefficient (Wildman–Crippen LogP) is 3.35. The minimum atomic E-state index is -1.39. The molecule has 2 aromatic rings. The Morgan fingerprint density at radius 2 is 2.00 bits per heavy atom. The van der Waals surface area contributed by atoms with Crippen molar-refractivity contribution in [2.75, 3.05) is 12.1 Å². The minimum Gasteiger partial charge on any atom is -0.462 e. The highest BCUT2D eigenvalue weighted by atomic mass is 31.2. The number of hydrogen-bond acceptors (Lipinski definition) is 10. The van der Waals surface area contributed by atoms with Crippen LogP contribution in [-0.4, -0.2) is 55.3 Å². The highest BCUT2D eigenvalue weighted by Gasteiger charge is 2.34. The van der Waals surface area contributed by atoms with Crippen LogP contribution in [0.3, 0.4) is 0 Å². The molecule has 2 aromatic heterocycles. The zero-order chi connectivity index (χ0) is 24.0. The maximum atomic E-state index is 12.5. The van der Waals surface area contributed by atoms with E-state index in [0.717, 1.165) is 31.4 Å². The van der Waals surface area contributed by atoms with Gasteiger partial charge in [0, 0.05) is 0 Å². The fraction of sp³-hybridized carbons (Fsp3) is 0.667. The molecule has 1 aliphatic carbocycles. The van der Waals surface area contributed by atoms with Crippen molar-refractivity contribution in [2.24, 2.45) is 5.16 Å². The summed E-state index contributed by atoms with van der Waals surface area (Å²) in [5.74, 6) is -0.00712. The number of ether oxygens (including phenoxy) is 2. The number of esters is 1. The van der Waals surface area contributed by atoms with Crippen LogP contribution in [-0.2, 0) is 25.4 Å². The number of imidazole rings is 1. The Hall–Kier alpha value is -2.36. The smallest absolute Gasteiger partial charge is 0.326 e. The lowest BCUT2D eigenvalue weighted by atomic mass is 10.1. The van der Waals surface area contributed by atoms with Gasteiger partial charge in [0.15, 0.2) is 11.5 Å². The molecule has 3 N–H and O–H groups in total. The zero-order valence-corrected chi connectivity index (χ0v) is 20.8. The van der Waals surface area contributed by atoms with Crippen molar-refractivity contribution in [3.63, 3.8) is 0 Å². The maximum absolute atomic E-state index is 12.5. The second-order valence-corrected chi connectivity index (χ2v) is 10.4. The first kappa shape index (κ1) is 25.3. The third-order valence-electron chi connectivity index (χ3n) is 5.07. The molecule has 12 heteroatoms. The Bertz CT molecular complexity index is 971. The van der Waals surface area contributed by atoms with Gasteiger partial charge in [-0.15, -0.1) is 0 Å². The summed E-state index contributed by atoms with van der Waals surface area (Å²) in [6.45, 7) is 9.65. The molecule has 11 nitrogen and oxygen atoms in total. The standard InChI is InChI=1S/C21H34N7O4P/c1-14(2)31-20(29)21(4,5)27-33(32-26-16-8-6-7-9-16)13-30-15(3)10-28-12-25-17-18(22)23-11-24-19(17)28/h11-12,14-15,27H,6-10,13H2,1-5H3,(H2,22,23,24)/t15-,33?/m1/s1. The number of nitrogen functional groups attached to an aromatic ring is 1. The molecule has 182 valence electrons. The molecule has 0 aromatic carbocycles. The molecule has 1 saturated carbocycles. The Morgan fingerprint density at radius 3 is 2.70 bits per heavy atom. The fourth-order valence-corrected chi connectivity index (χ4v) is 4.80. The molecule has 33 heavy (non-hydrogen) atoms. The van der Waals surface area contributed by atoms with Crippen LogP contribution in [0.2, 0.25) is 0 Å². The number of nitrogens with one attached hydrogen (secondary N) is 1. The molecule has 0 bridgehead atoms. The predicted molar refractivity (Wildman–Crippen MR) is 128 cm³/mol. The van der Waals surface area contributed by atoms with Crippen molar-refractivity contribution in [3.05, 3.63) is 12.7 Å². The van der Waals surface area contributed by atoms with Crippen LogP contribution in [0.4, 0.5) is 5.82 Å². The van der Waals surface area contributed by atoms with Gasteiger partial charge in [0.2, 0.25) is 8.30 Å². The molecule has 0 radical (unpaired) electrons. The van der Waals surface area contributed by atoms with Gasteiger partial charge in [0.25, 0.3) is 0 Å². The van der Waals surface area contributed by atoms with Gasteiger partial charge in [0.1, 0.15) is 23.7 Å². The number of nitrogens with zero attached hydrogens (tertiary/aromatic N) is 5. The van der Waals surface area contributed by atoms with E-state index in [1.54, 1.807) is 20.2 Å². The van der Waals surface area contributed by atoms with E-state index in [1.807, 2.05) is 25.3 Å². The number of oxime groups is 1. The second kappa shape index (κ2) is 11.2. The van der Waals surface area contributed by atoms with Gasteiger partial charge in [-0.05, 0) is 60.3 Å². The lowest BCUT2D eigenvalue weighted by Crippen LogP contribution is -2.46. The van der Waals surface area contributed by atoms with Gasteiger partial charge in [0.05, 0.1) is 30.8 Å². The van der Waals surface area contributed by atoms with E-state index in [9.17, 15) is 4.79 Å².